The van der Waals surface area contributed by atoms with Crippen LogP contribution in [-0.4, -0.2) is 24.0 Å². The first-order valence-electron chi connectivity index (χ1n) is 9.50. The normalized spacial score (nSPS) is 22.4. The van der Waals surface area contributed by atoms with Gasteiger partial charge in [-0.15, -0.1) is 0 Å². The van der Waals surface area contributed by atoms with Gasteiger partial charge in [0.1, 0.15) is 5.75 Å². The van der Waals surface area contributed by atoms with Gasteiger partial charge < -0.3 is 20.7 Å². The molecule has 158 valence electrons. The molecule has 0 unspecified atom stereocenters. The Balaban J connectivity index is 1.52. The summed E-state index contributed by atoms with van der Waals surface area (Å²) in [6.07, 6.45) is -1.79. The second kappa shape index (κ2) is 7.75. The third-order valence-corrected chi connectivity index (χ3v) is 5.57. The van der Waals surface area contributed by atoms with Crippen LogP contribution in [0, 0.1) is 0 Å². The minimum absolute atomic E-state index is 0.0761. The van der Waals surface area contributed by atoms with Crippen LogP contribution >= 0.6 is 11.6 Å². The molecule has 4 rings (SSSR count). The Morgan fingerprint density at radius 3 is 2.83 bits per heavy atom. The summed E-state index contributed by atoms with van der Waals surface area (Å²) >= 11 is 5.98. The van der Waals surface area contributed by atoms with Crippen molar-refractivity contribution in [1.82, 2.24) is 5.32 Å². The van der Waals surface area contributed by atoms with E-state index in [1.807, 2.05) is 6.07 Å². The zero-order chi connectivity index (χ0) is 21.5. The Labute approximate surface area is 176 Å². The number of halogens is 3. The van der Waals surface area contributed by atoms with Crippen molar-refractivity contribution in [3.05, 3.63) is 52.5 Å². The molecule has 0 aromatic heterocycles. The van der Waals surface area contributed by atoms with Gasteiger partial charge in [0.05, 0.1) is 6.04 Å². The molecule has 2 aromatic rings. The fraction of sp³-hybridized carbons (Fsp3) is 0.333. The predicted molar refractivity (Wildman–Crippen MR) is 109 cm³/mol. The number of hydrogen-bond acceptors (Lipinski definition) is 3. The highest BCUT2D eigenvalue weighted by molar-refractivity contribution is 6.30. The van der Waals surface area contributed by atoms with Crippen LogP contribution in [0.15, 0.2) is 36.4 Å². The van der Waals surface area contributed by atoms with E-state index in [1.165, 1.54) is 13.0 Å². The Kier molecular flexibility index (Phi) is 5.27. The van der Waals surface area contributed by atoms with E-state index < -0.39 is 24.1 Å². The first kappa shape index (κ1) is 20.4. The highest BCUT2D eigenvalue weighted by Gasteiger charge is 2.45. The maximum atomic E-state index is 13.6. The number of carbonyl (C=O) groups is 2. The molecular weight excluding hydrogens is 416 g/mol. The average molecular weight is 436 g/mol. The number of fused-ring (bicyclic) bond motifs is 2. The lowest BCUT2D eigenvalue weighted by atomic mass is 9.88. The van der Waals surface area contributed by atoms with Crippen molar-refractivity contribution in [2.75, 3.05) is 10.6 Å². The third-order valence-electron chi connectivity index (χ3n) is 5.33. The lowest BCUT2D eigenvalue weighted by Gasteiger charge is -2.39. The van der Waals surface area contributed by atoms with Crippen molar-refractivity contribution < 1.29 is 23.1 Å². The highest BCUT2D eigenvalue weighted by atomic mass is 35.5. The van der Waals surface area contributed by atoms with Gasteiger partial charge in [-0.1, -0.05) is 23.7 Å². The molecule has 3 N–H and O–H groups in total. The molecule has 0 aliphatic carbocycles. The van der Waals surface area contributed by atoms with Crippen LogP contribution in [0.5, 0.6) is 5.75 Å². The smallest absolute Gasteiger partial charge is 0.319 e. The number of anilines is 2. The van der Waals surface area contributed by atoms with Crippen LogP contribution in [0.4, 0.5) is 25.0 Å². The maximum absolute atomic E-state index is 13.6. The number of urea groups is 1. The number of hydrogen-bond donors (Lipinski definition) is 3. The van der Waals surface area contributed by atoms with Crippen molar-refractivity contribution in [2.45, 2.75) is 44.3 Å². The zero-order valence-electron chi connectivity index (χ0n) is 16.1. The van der Waals surface area contributed by atoms with Gasteiger partial charge in [-0.2, -0.15) is 0 Å². The van der Waals surface area contributed by atoms with Crippen LogP contribution in [-0.2, 0) is 11.2 Å². The third kappa shape index (κ3) is 4.05. The summed E-state index contributed by atoms with van der Waals surface area (Å²) in [7, 11) is 0. The molecule has 9 heteroatoms. The van der Waals surface area contributed by atoms with E-state index in [0.29, 0.717) is 34.8 Å². The van der Waals surface area contributed by atoms with Gasteiger partial charge in [-0.25, -0.2) is 13.6 Å². The van der Waals surface area contributed by atoms with E-state index in [2.05, 4.69) is 16.0 Å². The summed E-state index contributed by atoms with van der Waals surface area (Å²) in [6.45, 7) is 1.31. The number of rotatable bonds is 3. The van der Waals surface area contributed by atoms with E-state index >= 15 is 0 Å². The Morgan fingerprint density at radius 1 is 1.27 bits per heavy atom. The fourth-order valence-corrected chi connectivity index (χ4v) is 3.89. The number of alkyl halides is 2. The Hall–Kier alpha value is -2.87. The number of benzene rings is 2. The number of nitrogens with one attached hydrogen (secondary N) is 3. The quantitative estimate of drug-likeness (QED) is 0.642. The van der Waals surface area contributed by atoms with Gasteiger partial charge >= 0.3 is 6.03 Å². The van der Waals surface area contributed by atoms with Gasteiger partial charge in [-0.05, 0) is 43.2 Å². The summed E-state index contributed by atoms with van der Waals surface area (Å²) in [5.41, 5.74) is 0.939. The molecule has 0 radical (unpaired) electrons. The van der Waals surface area contributed by atoms with E-state index in [9.17, 15) is 18.4 Å². The van der Waals surface area contributed by atoms with Gasteiger partial charge in [-0.3, -0.25) is 4.79 Å². The van der Waals surface area contributed by atoms with Crippen molar-refractivity contribution in [2.24, 2.45) is 0 Å². The van der Waals surface area contributed by atoms with Crippen molar-refractivity contribution in [1.29, 1.82) is 0 Å². The van der Waals surface area contributed by atoms with Crippen LogP contribution in [0.25, 0.3) is 0 Å². The van der Waals surface area contributed by atoms with E-state index in [-0.39, 0.29) is 18.1 Å². The molecule has 0 spiro atoms. The number of amides is 3. The minimum Gasteiger partial charge on any atom is -0.481 e. The lowest BCUT2D eigenvalue weighted by Crippen LogP contribution is -2.48. The minimum atomic E-state index is -2.75. The van der Waals surface area contributed by atoms with Gasteiger partial charge in [0.2, 0.25) is 5.91 Å². The summed E-state index contributed by atoms with van der Waals surface area (Å²) in [4.78, 5) is 24.2. The molecule has 2 heterocycles. The van der Waals surface area contributed by atoms with Crippen LogP contribution in [0.2, 0.25) is 5.02 Å². The van der Waals surface area contributed by atoms with Crippen LogP contribution < -0.4 is 20.7 Å². The SMILES string of the molecule is C[C@@]1(C(F)F)C[C@@H](NC(=O)Nc2ccc3c(c2)NC(=O)CC3)c2ccc(Cl)cc2O1. The number of aryl methyl sites for hydroxylation is 1. The van der Waals surface area contributed by atoms with Gasteiger partial charge in [0, 0.05) is 34.8 Å². The molecular formula is C21H20ClF2N3O3. The van der Waals surface area contributed by atoms with Crippen LogP contribution in [0.1, 0.15) is 36.9 Å². The van der Waals surface area contributed by atoms with Gasteiger partial charge in [0.25, 0.3) is 6.43 Å². The summed E-state index contributed by atoms with van der Waals surface area (Å²) in [6, 6.07) is 8.74. The van der Waals surface area contributed by atoms with Crippen molar-refractivity contribution in [3.8, 4) is 5.75 Å². The van der Waals surface area contributed by atoms with Crippen molar-refractivity contribution in [3.63, 3.8) is 0 Å². The molecule has 2 atom stereocenters. The maximum Gasteiger partial charge on any atom is 0.319 e. The van der Waals surface area contributed by atoms with E-state index in [0.717, 1.165) is 5.56 Å². The van der Waals surface area contributed by atoms with E-state index in [1.54, 1.807) is 24.3 Å². The molecule has 0 bridgehead atoms. The van der Waals surface area contributed by atoms with Crippen LogP contribution in [0.3, 0.4) is 0 Å². The molecule has 0 fully saturated rings. The predicted octanol–water partition coefficient (Wildman–Crippen LogP) is 4.89. The largest absolute Gasteiger partial charge is 0.481 e. The van der Waals surface area contributed by atoms with Crippen molar-refractivity contribution >= 4 is 34.9 Å². The molecule has 2 aromatic carbocycles. The average Bonchev–Trinajstić information content (AvgIpc) is 2.67. The molecule has 3 amide bonds. The highest BCUT2D eigenvalue weighted by Crippen LogP contribution is 2.43. The first-order chi connectivity index (χ1) is 14.2. The summed E-state index contributed by atoms with van der Waals surface area (Å²) in [5, 5.41) is 8.57. The molecule has 2 aliphatic rings. The fourth-order valence-electron chi connectivity index (χ4n) is 3.73. The molecule has 0 saturated heterocycles. The van der Waals surface area contributed by atoms with E-state index in [4.69, 9.17) is 16.3 Å². The molecule has 30 heavy (non-hydrogen) atoms. The molecule has 0 saturated carbocycles. The number of carbonyl (C=O) groups excluding carboxylic acids is 2. The molecule has 6 nitrogen and oxygen atoms in total. The molecule has 2 aliphatic heterocycles. The summed E-state index contributed by atoms with van der Waals surface area (Å²) < 4.78 is 32.8. The topological polar surface area (TPSA) is 79.5 Å². The van der Waals surface area contributed by atoms with Gasteiger partial charge in [0.15, 0.2) is 5.60 Å². The second-order valence-corrected chi connectivity index (χ2v) is 8.11. The first-order valence-corrected chi connectivity index (χ1v) is 9.88. The zero-order valence-corrected chi connectivity index (χ0v) is 16.9. The standard InChI is InChI=1S/C21H20ClF2N3O3/c1-21(19(23)24)10-16(14-6-4-12(22)8-17(14)30-21)27-20(29)25-13-5-2-11-3-7-18(28)26-15(11)9-13/h2,4-6,8-9,16,19H,3,7,10H2,1H3,(H,26,28)(H2,25,27,29)/t16-,21+/m1/s1. The second-order valence-electron chi connectivity index (χ2n) is 7.67. The monoisotopic (exact) mass is 435 g/mol. The lowest BCUT2D eigenvalue weighted by molar-refractivity contribution is -0.116. The Morgan fingerprint density at radius 2 is 2.07 bits per heavy atom. The Bertz CT molecular complexity index is 1020. The summed E-state index contributed by atoms with van der Waals surface area (Å²) in [5.74, 6) is 0.145. The number of ether oxygens (including phenoxy) is 1.